The van der Waals surface area contributed by atoms with Gasteiger partial charge in [-0.05, 0) is 24.3 Å². The predicted octanol–water partition coefficient (Wildman–Crippen LogP) is 4.65. The highest BCUT2D eigenvalue weighted by molar-refractivity contribution is 6.01. The van der Waals surface area contributed by atoms with Gasteiger partial charge in [0.2, 0.25) is 0 Å². The highest BCUT2D eigenvalue weighted by Crippen LogP contribution is 2.33. The smallest absolute Gasteiger partial charge is 0.324 e. The maximum absolute atomic E-state index is 12.9. The fraction of sp³-hybridized carbons (Fsp3) is 0.353. The van der Waals surface area contributed by atoms with Gasteiger partial charge in [-0.15, -0.1) is 0 Å². The summed E-state index contributed by atoms with van der Waals surface area (Å²) in [6.07, 6.45) is -3.80. The van der Waals surface area contributed by atoms with Gasteiger partial charge < -0.3 is 10.2 Å². The van der Waals surface area contributed by atoms with Crippen LogP contribution in [0.2, 0.25) is 0 Å². The van der Waals surface area contributed by atoms with Gasteiger partial charge in [-0.25, -0.2) is 4.79 Å². The number of halogens is 3. The molecule has 0 bridgehead atoms. The third-order valence-electron chi connectivity index (χ3n) is 4.20. The van der Waals surface area contributed by atoms with Crippen LogP contribution in [0.3, 0.4) is 0 Å². The molecule has 0 saturated carbocycles. The van der Waals surface area contributed by atoms with Crippen molar-refractivity contribution < 1.29 is 18.0 Å². The van der Waals surface area contributed by atoms with Gasteiger partial charge in [0.05, 0.1) is 11.6 Å². The minimum Gasteiger partial charge on any atom is -0.324 e. The number of piperidine rings is 1. The number of hydrogen-bond donors (Lipinski definition) is 1. The van der Waals surface area contributed by atoms with E-state index in [2.05, 4.69) is 5.32 Å². The summed E-state index contributed by atoms with van der Waals surface area (Å²) in [5.41, 5.74) is 0.613. The van der Waals surface area contributed by atoms with Gasteiger partial charge in [0.25, 0.3) is 0 Å². The van der Waals surface area contributed by atoms with Crippen molar-refractivity contribution >= 4 is 22.5 Å². The molecule has 3 nitrogen and oxygen atoms in total. The lowest BCUT2D eigenvalue weighted by Gasteiger charge is -2.33. The molecule has 1 fully saturated rings. The van der Waals surface area contributed by atoms with Crippen molar-refractivity contribution in [3.05, 3.63) is 42.5 Å². The molecule has 1 N–H and O–H groups in total. The quantitative estimate of drug-likeness (QED) is 0.814. The second-order valence-corrected chi connectivity index (χ2v) is 5.78. The molecule has 122 valence electrons. The van der Waals surface area contributed by atoms with Crippen LogP contribution < -0.4 is 5.32 Å². The molecule has 1 aliphatic rings. The highest BCUT2D eigenvalue weighted by atomic mass is 19.4. The zero-order valence-corrected chi connectivity index (χ0v) is 12.4. The number of hydrogen-bond acceptors (Lipinski definition) is 1. The number of carbonyl (C=O) groups is 1. The summed E-state index contributed by atoms with van der Waals surface area (Å²) in [4.78, 5) is 13.6. The fourth-order valence-electron chi connectivity index (χ4n) is 2.96. The first kappa shape index (κ1) is 15.6. The predicted molar refractivity (Wildman–Crippen MR) is 83.3 cm³/mol. The van der Waals surface area contributed by atoms with Crippen LogP contribution in [0, 0.1) is 5.92 Å². The molecule has 0 aliphatic carbocycles. The van der Waals surface area contributed by atoms with E-state index in [0.717, 1.165) is 10.8 Å². The first-order valence-electron chi connectivity index (χ1n) is 7.55. The van der Waals surface area contributed by atoms with Crippen molar-refractivity contribution in [2.45, 2.75) is 19.0 Å². The number of benzene rings is 2. The molecule has 2 aromatic carbocycles. The van der Waals surface area contributed by atoms with E-state index in [9.17, 15) is 18.0 Å². The molecule has 0 aromatic heterocycles. The average Bonchev–Trinajstić information content (AvgIpc) is 2.54. The van der Waals surface area contributed by atoms with Crippen LogP contribution in [-0.2, 0) is 0 Å². The van der Waals surface area contributed by atoms with Gasteiger partial charge in [0, 0.05) is 18.5 Å². The Hall–Kier alpha value is -2.24. The molecule has 1 saturated heterocycles. The van der Waals surface area contributed by atoms with E-state index in [4.69, 9.17) is 0 Å². The van der Waals surface area contributed by atoms with Crippen molar-refractivity contribution in [1.82, 2.24) is 4.90 Å². The molecule has 1 unspecified atom stereocenters. The van der Waals surface area contributed by atoms with Gasteiger partial charge in [0.1, 0.15) is 0 Å². The monoisotopic (exact) mass is 322 g/mol. The van der Waals surface area contributed by atoms with Gasteiger partial charge in [0.15, 0.2) is 0 Å². The van der Waals surface area contributed by atoms with E-state index in [1.54, 1.807) is 6.07 Å². The Morgan fingerprint density at radius 3 is 2.65 bits per heavy atom. The first-order chi connectivity index (χ1) is 10.9. The summed E-state index contributed by atoms with van der Waals surface area (Å²) in [5.74, 6) is -1.44. The van der Waals surface area contributed by atoms with Crippen LogP contribution >= 0.6 is 0 Å². The summed E-state index contributed by atoms with van der Waals surface area (Å²) in [5, 5.41) is 4.58. The third-order valence-corrected chi connectivity index (χ3v) is 4.20. The molecule has 23 heavy (non-hydrogen) atoms. The van der Waals surface area contributed by atoms with Crippen LogP contribution in [0.5, 0.6) is 0 Å². The van der Waals surface area contributed by atoms with Crippen LogP contribution in [0.25, 0.3) is 10.8 Å². The number of nitrogens with one attached hydrogen (secondary N) is 1. The van der Waals surface area contributed by atoms with E-state index in [0.29, 0.717) is 18.7 Å². The molecule has 1 heterocycles. The molecular weight excluding hydrogens is 305 g/mol. The SMILES string of the molecule is O=C(Nc1cccc2ccccc12)N1CCCC(C(F)(F)F)C1. The highest BCUT2D eigenvalue weighted by Gasteiger charge is 2.42. The van der Waals surface area contributed by atoms with E-state index < -0.39 is 18.1 Å². The molecule has 1 atom stereocenters. The Balaban J connectivity index is 1.76. The zero-order chi connectivity index (χ0) is 16.4. The Morgan fingerprint density at radius 1 is 1.13 bits per heavy atom. The Bertz CT molecular complexity index is 709. The lowest BCUT2D eigenvalue weighted by molar-refractivity contribution is -0.183. The average molecular weight is 322 g/mol. The van der Waals surface area contributed by atoms with Crippen LogP contribution in [0.4, 0.5) is 23.7 Å². The number of fused-ring (bicyclic) bond motifs is 1. The van der Waals surface area contributed by atoms with E-state index in [1.165, 1.54) is 4.90 Å². The number of amides is 2. The first-order valence-corrected chi connectivity index (χ1v) is 7.55. The van der Waals surface area contributed by atoms with Crippen molar-refractivity contribution in [3.63, 3.8) is 0 Å². The minimum absolute atomic E-state index is 0.0849. The zero-order valence-electron chi connectivity index (χ0n) is 12.4. The number of rotatable bonds is 1. The number of alkyl halides is 3. The topological polar surface area (TPSA) is 32.3 Å². The van der Waals surface area contributed by atoms with Gasteiger partial charge in [-0.3, -0.25) is 0 Å². The van der Waals surface area contributed by atoms with Gasteiger partial charge in [-0.2, -0.15) is 13.2 Å². The van der Waals surface area contributed by atoms with E-state index in [1.807, 2.05) is 36.4 Å². The molecule has 2 aromatic rings. The normalized spacial score (nSPS) is 18.9. The molecule has 2 amide bonds. The summed E-state index contributed by atoms with van der Waals surface area (Å²) in [6.45, 7) is 0.0727. The van der Waals surface area contributed by atoms with Crippen molar-refractivity contribution in [2.24, 2.45) is 5.92 Å². The summed E-state index contributed by atoms with van der Waals surface area (Å²) < 4.78 is 38.6. The number of urea groups is 1. The summed E-state index contributed by atoms with van der Waals surface area (Å²) >= 11 is 0. The number of anilines is 1. The molecule has 0 radical (unpaired) electrons. The van der Waals surface area contributed by atoms with E-state index in [-0.39, 0.29) is 13.0 Å². The number of carbonyl (C=O) groups excluding carboxylic acids is 1. The second kappa shape index (κ2) is 6.10. The minimum atomic E-state index is -4.25. The maximum atomic E-state index is 12.9. The standard InChI is InChI=1S/C17H17F3N2O/c18-17(19,20)13-7-4-10-22(11-13)16(23)21-15-9-3-6-12-5-1-2-8-14(12)15/h1-3,5-6,8-9,13H,4,7,10-11H2,(H,21,23). The molecule has 0 spiro atoms. The number of likely N-dealkylation sites (tertiary alicyclic amines) is 1. The van der Waals surface area contributed by atoms with Gasteiger partial charge >= 0.3 is 12.2 Å². The Labute approximate surface area is 132 Å². The van der Waals surface area contributed by atoms with Crippen LogP contribution in [0.15, 0.2) is 42.5 Å². The Kier molecular flexibility index (Phi) is 4.15. The van der Waals surface area contributed by atoms with Crippen LogP contribution in [-0.4, -0.2) is 30.2 Å². The molecule has 3 rings (SSSR count). The third kappa shape index (κ3) is 3.41. The van der Waals surface area contributed by atoms with Crippen molar-refractivity contribution in [2.75, 3.05) is 18.4 Å². The maximum Gasteiger partial charge on any atom is 0.393 e. The summed E-state index contributed by atoms with van der Waals surface area (Å²) in [6, 6.07) is 12.6. The lowest BCUT2D eigenvalue weighted by atomic mass is 9.98. The largest absolute Gasteiger partial charge is 0.393 e. The lowest BCUT2D eigenvalue weighted by Crippen LogP contribution is -2.46. The summed E-state index contributed by atoms with van der Waals surface area (Å²) in [7, 11) is 0. The second-order valence-electron chi connectivity index (χ2n) is 5.78. The number of nitrogens with zero attached hydrogens (tertiary/aromatic N) is 1. The van der Waals surface area contributed by atoms with Crippen molar-refractivity contribution in [1.29, 1.82) is 0 Å². The van der Waals surface area contributed by atoms with E-state index >= 15 is 0 Å². The van der Waals surface area contributed by atoms with Crippen LogP contribution in [0.1, 0.15) is 12.8 Å². The van der Waals surface area contributed by atoms with Gasteiger partial charge in [-0.1, -0.05) is 36.4 Å². The molecule has 1 aliphatic heterocycles. The Morgan fingerprint density at radius 2 is 1.87 bits per heavy atom. The molecular formula is C17H17F3N2O. The fourth-order valence-corrected chi connectivity index (χ4v) is 2.96. The molecule has 6 heteroatoms. The van der Waals surface area contributed by atoms with Crippen molar-refractivity contribution in [3.8, 4) is 0 Å².